The smallest absolute Gasteiger partial charge is 0.377 e. The van der Waals surface area contributed by atoms with Crippen LogP contribution in [0.3, 0.4) is 0 Å². The first-order valence-electron chi connectivity index (χ1n) is 3.78. The van der Waals surface area contributed by atoms with Crippen LogP contribution in [-0.2, 0) is 4.79 Å². The lowest BCUT2D eigenvalue weighted by Crippen LogP contribution is -2.15. The minimum absolute atomic E-state index is 0.0976. The lowest BCUT2D eigenvalue weighted by atomic mass is 10.1. The van der Waals surface area contributed by atoms with Gasteiger partial charge in [-0.15, -0.1) is 11.8 Å². The lowest BCUT2D eigenvalue weighted by Gasteiger charge is -2.03. The van der Waals surface area contributed by atoms with Crippen LogP contribution in [0.2, 0.25) is 0 Å². The molecule has 1 rings (SSSR count). The first-order chi connectivity index (χ1) is 6.97. The van der Waals surface area contributed by atoms with Gasteiger partial charge in [-0.25, -0.2) is 13.6 Å². The van der Waals surface area contributed by atoms with E-state index in [1.165, 1.54) is 6.26 Å². The number of carbonyl (C=O) groups is 2. The zero-order valence-electron chi connectivity index (χ0n) is 7.58. The van der Waals surface area contributed by atoms with E-state index in [0.29, 0.717) is 6.07 Å². The molecule has 0 saturated heterocycles. The second-order valence-corrected chi connectivity index (χ2v) is 3.45. The van der Waals surface area contributed by atoms with Crippen molar-refractivity contribution in [2.24, 2.45) is 0 Å². The molecule has 1 aromatic carbocycles. The molecular weight excluding hydrogens is 226 g/mol. The fourth-order valence-corrected chi connectivity index (χ4v) is 1.51. The van der Waals surface area contributed by atoms with E-state index in [9.17, 15) is 18.4 Å². The van der Waals surface area contributed by atoms with Crippen molar-refractivity contribution in [2.45, 2.75) is 4.90 Å². The highest BCUT2D eigenvalue weighted by molar-refractivity contribution is 7.98. The van der Waals surface area contributed by atoms with Gasteiger partial charge in [-0.05, 0) is 18.4 Å². The van der Waals surface area contributed by atoms with Gasteiger partial charge in [-0.2, -0.15) is 0 Å². The summed E-state index contributed by atoms with van der Waals surface area (Å²) in [7, 11) is 0. The SMILES string of the molecule is CSc1cc(F)cc(C(=O)C(=O)O)c1F. The number of benzene rings is 1. The van der Waals surface area contributed by atoms with Gasteiger partial charge >= 0.3 is 5.97 Å². The predicted octanol–water partition coefficient (Wildman–Crippen LogP) is 1.95. The van der Waals surface area contributed by atoms with Crippen molar-refractivity contribution in [3.05, 3.63) is 29.3 Å². The minimum atomic E-state index is -1.81. The molecule has 0 radical (unpaired) electrons. The molecule has 0 aliphatic carbocycles. The minimum Gasteiger partial charge on any atom is -0.475 e. The number of carbonyl (C=O) groups excluding carboxylic acids is 1. The summed E-state index contributed by atoms with van der Waals surface area (Å²) in [5, 5.41) is 8.37. The van der Waals surface area contributed by atoms with E-state index in [0.717, 1.165) is 17.8 Å². The number of thioether (sulfide) groups is 1. The summed E-state index contributed by atoms with van der Waals surface area (Å²) in [6.07, 6.45) is 1.49. The molecule has 6 heteroatoms. The van der Waals surface area contributed by atoms with Crippen molar-refractivity contribution >= 4 is 23.5 Å². The summed E-state index contributed by atoms with van der Waals surface area (Å²) in [5.74, 6) is -5.12. The van der Waals surface area contributed by atoms with Gasteiger partial charge in [0.2, 0.25) is 0 Å². The van der Waals surface area contributed by atoms with Crippen molar-refractivity contribution in [3.63, 3.8) is 0 Å². The first kappa shape index (κ1) is 11.6. The van der Waals surface area contributed by atoms with E-state index in [-0.39, 0.29) is 4.90 Å². The van der Waals surface area contributed by atoms with Crippen LogP contribution < -0.4 is 0 Å². The van der Waals surface area contributed by atoms with Crippen LogP contribution in [0.5, 0.6) is 0 Å². The number of carboxylic acid groups (broad SMARTS) is 1. The van der Waals surface area contributed by atoms with Crippen molar-refractivity contribution in [1.29, 1.82) is 0 Å². The Hall–Kier alpha value is -1.43. The molecule has 0 saturated carbocycles. The third-order valence-electron chi connectivity index (χ3n) is 1.66. The fraction of sp³-hybridized carbons (Fsp3) is 0.111. The Morgan fingerprint density at radius 1 is 1.33 bits per heavy atom. The van der Waals surface area contributed by atoms with Crippen LogP contribution in [0.25, 0.3) is 0 Å². The van der Waals surface area contributed by atoms with Gasteiger partial charge < -0.3 is 5.11 Å². The number of ketones is 1. The highest BCUT2D eigenvalue weighted by atomic mass is 32.2. The van der Waals surface area contributed by atoms with Gasteiger partial charge in [0.05, 0.1) is 5.56 Å². The van der Waals surface area contributed by atoms with Crippen LogP contribution >= 0.6 is 11.8 Å². The van der Waals surface area contributed by atoms with E-state index in [4.69, 9.17) is 5.11 Å². The molecule has 0 fully saturated rings. The maximum atomic E-state index is 13.4. The van der Waals surface area contributed by atoms with Crippen molar-refractivity contribution in [2.75, 3.05) is 6.26 Å². The molecule has 0 unspecified atom stereocenters. The zero-order chi connectivity index (χ0) is 11.6. The summed E-state index contributed by atoms with van der Waals surface area (Å²) in [5.41, 5.74) is -0.758. The fourth-order valence-electron chi connectivity index (χ4n) is 0.993. The second kappa shape index (κ2) is 4.39. The molecule has 0 aliphatic rings. The van der Waals surface area contributed by atoms with E-state index in [2.05, 4.69) is 0 Å². The average molecular weight is 232 g/mol. The monoisotopic (exact) mass is 232 g/mol. The number of halogens is 2. The molecule has 80 valence electrons. The maximum Gasteiger partial charge on any atom is 0.377 e. The number of hydrogen-bond donors (Lipinski definition) is 1. The number of rotatable bonds is 3. The Bertz CT molecular complexity index is 432. The number of Topliss-reactive ketones (excluding diaryl/α,β-unsaturated/α-hetero) is 1. The van der Waals surface area contributed by atoms with Crippen LogP contribution in [0.15, 0.2) is 17.0 Å². The highest BCUT2D eigenvalue weighted by Gasteiger charge is 2.22. The largest absolute Gasteiger partial charge is 0.475 e. The summed E-state index contributed by atoms with van der Waals surface area (Å²) in [6, 6.07) is 1.48. The zero-order valence-corrected chi connectivity index (χ0v) is 8.40. The van der Waals surface area contributed by atoms with Crippen molar-refractivity contribution in [1.82, 2.24) is 0 Å². The van der Waals surface area contributed by atoms with Crippen LogP contribution in [0, 0.1) is 11.6 Å². The van der Waals surface area contributed by atoms with Gasteiger partial charge in [0, 0.05) is 4.90 Å². The Morgan fingerprint density at radius 2 is 1.93 bits per heavy atom. The quantitative estimate of drug-likeness (QED) is 0.491. The van der Waals surface area contributed by atoms with Crippen LogP contribution in [0.4, 0.5) is 8.78 Å². The third-order valence-corrected chi connectivity index (χ3v) is 2.40. The molecule has 0 heterocycles. The predicted molar refractivity (Wildman–Crippen MR) is 50.1 cm³/mol. The maximum absolute atomic E-state index is 13.4. The Labute approximate surface area is 88.1 Å². The summed E-state index contributed by atoms with van der Waals surface area (Å²) < 4.78 is 26.3. The van der Waals surface area contributed by atoms with Gasteiger partial charge in [0.1, 0.15) is 11.6 Å². The molecule has 0 bridgehead atoms. The molecule has 0 amide bonds. The molecule has 0 aliphatic heterocycles. The Morgan fingerprint density at radius 3 is 2.40 bits per heavy atom. The van der Waals surface area contributed by atoms with Crippen molar-refractivity contribution in [3.8, 4) is 0 Å². The molecule has 1 aromatic rings. The van der Waals surface area contributed by atoms with E-state index in [1.54, 1.807) is 0 Å². The molecule has 0 spiro atoms. The second-order valence-electron chi connectivity index (χ2n) is 2.60. The first-order valence-corrected chi connectivity index (χ1v) is 5.00. The van der Waals surface area contributed by atoms with Gasteiger partial charge in [0.25, 0.3) is 5.78 Å². The number of hydrogen-bond acceptors (Lipinski definition) is 3. The number of aliphatic carboxylic acids is 1. The molecule has 3 nitrogen and oxygen atoms in total. The van der Waals surface area contributed by atoms with Gasteiger partial charge in [0.15, 0.2) is 0 Å². The Kier molecular flexibility index (Phi) is 3.41. The molecule has 0 aromatic heterocycles. The van der Waals surface area contributed by atoms with E-state index >= 15 is 0 Å². The summed E-state index contributed by atoms with van der Waals surface area (Å²) >= 11 is 0.893. The normalized spacial score (nSPS) is 10.1. The average Bonchev–Trinajstić information content (AvgIpc) is 2.19. The summed E-state index contributed by atoms with van der Waals surface area (Å²) in [4.78, 5) is 21.2. The molecule has 15 heavy (non-hydrogen) atoms. The highest BCUT2D eigenvalue weighted by Crippen LogP contribution is 2.23. The topological polar surface area (TPSA) is 54.4 Å². The van der Waals surface area contributed by atoms with Crippen LogP contribution in [0.1, 0.15) is 10.4 Å². The third kappa shape index (κ3) is 2.33. The van der Waals surface area contributed by atoms with Crippen LogP contribution in [-0.4, -0.2) is 23.1 Å². The van der Waals surface area contributed by atoms with E-state index < -0.39 is 29.0 Å². The molecule has 0 atom stereocenters. The molecule has 1 N–H and O–H groups in total. The van der Waals surface area contributed by atoms with Crippen molar-refractivity contribution < 1.29 is 23.5 Å². The summed E-state index contributed by atoms with van der Waals surface area (Å²) in [6.45, 7) is 0. The number of carboxylic acids is 1. The van der Waals surface area contributed by atoms with Gasteiger partial charge in [-0.1, -0.05) is 0 Å². The lowest BCUT2D eigenvalue weighted by molar-refractivity contribution is -0.131. The van der Waals surface area contributed by atoms with E-state index in [1.807, 2.05) is 0 Å². The Balaban J connectivity index is 3.35. The molecular formula is C9H6F2O3S. The van der Waals surface area contributed by atoms with Gasteiger partial charge in [-0.3, -0.25) is 4.79 Å². The standard InChI is InChI=1S/C9H6F2O3S/c1-15-6-3-4(10)2-5(7(6)11)8(12)9(13)14/h2-3H,1H3,(H,13,14).